The summed E-state index contributed by atoms with van der Waals surface area (Å²) >= 11 is 7.24. The molecule has 0 aromatic carbocycles. The summed E-state index contributed by atoms with van der Waals surface area (Å²) < 4.78 is 10.3. The van der Waals surface area contributed by atoms with Gasteiger partial charge in [-0.2, -0.15) is 0 Å². The molecule has 5 nitrogen and oxygen atoms in total. The van der Waals surface area contributed by atoms with Crippen molar-refractivity contribution in [2.24, 2.45) is 0 Å². The molecular weight excluding hydrogens is 288 g/mol. The van der Waals surface area contributed by atoms with Crippen LogP contribution in [-0.4, -0.2) is 43.9 Å². The van der Waals surface area contributed by atoms with Gasteiger partial charge in [0.2, 0.25) is 0 Å². The van der Waals surface area contributed by atoms with Crippen molar-refractivity contribution in [3.63, 3.8) is 0 Å². The largest absolute Gasteiger partial charge is 0.465 e. The Morgan fingerprint density at radius 3 is 3.05 bits per heavy atom. The molecule has 0 spiro atoms. The zero-order valence-electron chi connectivity index (χ0n) is 11.0. The predicted octanol–water partition coefficient (Wildman–Crippen LogP) is 2.59. The average Bonchev–Trinajstić information content (AvgIpc) is 3.04. The van der Waals surface area contributed by atoms with E-state index in [4.69, 9.17) is 16.3 Å². The van der Waals surface area contributed by atoms with Gasteiger partial charge in [0.1, 0.15) is 0 Å². The minimum absolute atomic E-state index is 0.206. The Bertz CT molecular complexity index is 446. The van der Waals surface area contributed by atoms with Crippen LogP contribution in [0, 0.1) is 0 Å². The summed E-state index contributed by atoms with van der Waals surface area (Å²) in [6.07, 6.45) is 2.41. The van der Waals surface area contributed by atoms with Gasteiger partial charge >= 0.3 is 5.97 Å². The normalized spacial score (nSPS) is 18.6. The fraction of sp³-hybridized carbons (Fsp3) is 0.667. The van der Waals surface area contributed by atoms with Crippen molar-refractivity contribution in [2.75, 3.05) is 31.7 Å². The molecule has 0 radical (unpaired) electrons. The lowest BCUT2D eigenvalue weighted by Gasteiger charge is -2.22. The Kier molecular flexibility index (Phi) is 5.01. The van der Waals surface area contributed by atoms with Crippen molar-refractivity contribution in [1.82, 2.24) is 4.98 Å². The fourth-order valence-electron chi connectivity index (χ4n) is 2.02. The van der Waals surface area contributed by atoms with Gasteiger partial charge in [0.15, 0.2) is 15.2 Å². The van der Waals surface area contributed by atoms with Crippen molar-refractivity contribution in [1.29, 1.82) is 0 Å². The van der Waals surface area contributed by atoms with Crippen molar-refractivity contribution in [3.8, 4) is 0 Å². The van der Waals surface area contributed by atoms with Crippen LogP contribution in [0.4, 0.5) is 5.13 Å². The first kappa shape index (κ1) is 14.6. The van der Waals surface area contributed by atoms with Gasteiger partial charge in [-0.1, -0.05) is 22.9 Å². The summed E-state index contributed by atoms with van der Waals surface area (Å²) in [5, 5.41) is 0.945. The van der Waals surface area contributed by atoms with E-state index < -0.39 is 5.97 Å². The second kappa shape index (κ2) is 6.54. The summed E-state index contributed by atoms with van der Waals surface area (Å²) in [6, 6.07) is 0. The quantitative estimate of drug-likeness (QED) is 0.783. The van der Waals surface area contributed by atoms with Gasteiger partial charge in [-0.15, -0.1) is 0 Å². The first-order chi connectivity index (χ1) is 9.15. The predicted molar refractivity (Wildman–Crippen MR) is 75.3 cm³/mol. The van der Waals surface area contributed by atoms with Crippen LogP contribution >= 0.6 is 22.9 Å². The van der Waals surface area contributed by atoms with Crippen molar-refractivity contribution >= 4 is 34.0 Å². The van der Waals surface area contributed by atoms with Gasteiger partial charge < -0.3 is 14.4 Å². The molecule has 1 unspecified atom stereocenters. The topological polar surface area (TPSA) is 51.7 Å². The molecule has 2 rings (SSSR count). The molecule has 1 aliphatic rings. The van der Waals surface area contributed by atoms with Crippen molar-refractivity contribution in [2.45, 2.75) is 25.9 Å². The van der Waals surface area contributed by atoms with Crippen LogP contribution < -0.4 is 4.90 Å². The average molecular weight is 305 g/mol. The van der Waals surface area contributed by atoms with Crippen LogP contribution in [0.2, 0.25) is 5.15 Å². The molecule has 1 aromatic heterocycles. The van der Waals surface area contributed by atoms with E-state index in [1.807, 2.05) is 6.92 Å². The van der Waals surface area contributed by atoms with E-state index in [0.29, 0.717) is 4.88 Å². The van der Waals surface area contributed by atoms with Crippen LogP contribution in [0.25, 0.3) is 0 Å². The smallest absolute Gasteiger partial charge is 0.351 e. The van der Waals surface area contributed by atoms with E-state index in [1.54, 1.807) is 0 Å². The number of halogens is 1. The monoisotopic (exact) mass is 304 g/mol. The number of carbonyl (C=O) groups is 1. The number of rotatable bonds is 5. The number of esters is 1. The molecule has 19 heavy (non-hydrogen) atoms. The first-order valence-electron chi connectivity index (χ1n) is 6.26. The molecule has 0 N–H and O–H groups in total. The summed E-state index contributed by atoms with van der Waals surface area (Å²) in [6.45, 7) is 4.45. The minimum atomic E-state index is -0.443. The lowest BCUT2D eigenvalue weighted by Crippen LogP contribution is -2.31. The maximum Gasteiger partial charge on any atom is 0.351 e. The Labute approximate surface area is 121 Å². The number of carbonyl (C=O) groups excluding carboxylic acids is 1. The number of hydrogen-bond acceptors (Lipinski definition) is 6. The molecule has 2 heterocycles. The standard InChI is InChI=1S/C12H17ClN2O3S/c1-3-15(7-8-5-4-6-18-8)12-14-10(13)9(19-12)11(16)17-2/h8H,3-7H2,1-2H3. The number of nitrogens with zero attached hydrogens (tertiary/aromatic N) is 2. The number of thiazole rings is 1. The Morgan fingerprint density at radius 2 is 2.47 bits per heavy atom. The van der Waals surface area contributed by atoms with Crippen LogP contribution in [0.5, 0.6) is 0 Å². The van der Waals surface area contributed by atoms with Crippen LogP contribution in [-0.2, 0) is 9.47 Å². The van der Waals surface area contributed by atoms with E-state index in [-0.39, 0.29) is 11.3 Å². The molecule has 0 amide bonds. The van der Waals surface area contributed by atoms with Gasteiger partial charge in [0.25, 0.3) is 0 Å². The van der Waals surface area contributed by atoms with Crippen LogP contribution in [0.15, 0.2) is 0 Å². The summed E-state index contributed by atoms with van der Waals surface area (Å²) in [5.41, 5.74) is 0. The fourth-order valence-corrected chi connectivity index (χ4v) is 3.29. The molecule has 106 valence electrons. The number of aromatic nitrogens is 1. The Hall–Kier alpha value is -0.850. The third-order valence-corrected chi connectivity index (χ3v) is 4.53. The SMILES string of the molecule is CCN(CC1CCCO1)c1nc(Cl)c(C(=O)OC)s1. The van der Waals surface area contributed by atoms with Gasteiger partial charge in [0, 0.05) is 19.7 Å². The molecular formula is C12H17ClN2O3S. The molecule has 0 saturated carbocycles. The summed E-state index contributed by atoms with van der Waals surface area (Å²) in [7, 11) is 1.34. The van der Waals surface area contributed by atoms with Crippen molar-refractivity contribution < 1.29 is 14.3 Å². The van der Waals surface area contributed by atoms with E-state index >= 15 is 0 Å². The minimum Gasteiger partial charge on any atom is -0.465 e. The lowest BCUT2D eigenvalue weighted by molar-refractivity contribution is 0.0606. The molecule has 0 bridgehead atoms. The Balaban J connectivity index is 2.11. The second-order valence-corrected chi connectivity index (χ2v) is 5.62. The van der Waals surface area contributed by atoms with E-state index in [0.717, 1.165) is 37.7 Å². The molecule has 1 fully saturated rings. The van der Waals surface area contributed by atoms with E-state index in [1.165, 1.54) is 18.4 Å². The number of ether oxygens (including phenoxy) is 2. The van der Waals surface area contributed by atoms with Gasteiger partial charge in [-0.25, -0.2) is 9.78 Å². The second-order valence-electron chi connectivity index (χ2n) is 4.28. The van der Waals surface area contributed by atoms with E-state index in [9.17, 15) is 4.79 Å². The molecule has 1 aromatic rings. The maximum atomic E-state index is 11.5. The Morgan fingerprint density at radius 1 is 1.68 bits per heavy atom. The van der Waals surface area contributed by atoms with Gasteiger partial charge in [0.05, 0.1) is 13.2 Å². The highest BCUT2D eigenvalue weighted by Gasteiger charge is 2.23. The molecule has 1 atom stereocenters. The van der Waals surface area contributed by atoms with Crippen LogP contribution in [0.1, 0.15) is 29.4 Å². The number of likely N-dealkylation sites (N-methyl/N-ethyl adjacent to an activating group) is 1. The number of methoxy groups -OCH3 is 1. The lowest BCUT2D eigenvalue weighted by atomic mass is 10.2. The van der Waals surface area contributed by atoms with Gasteiger partial charge in [-0.3, -0.25) is 0 Å². The zero-order valence-corrected chi connectivity index (χ0v) is 12.6. The maximum absolute atomic E-state index is 11.5. The summed E-state index contributed by atoms with van der Waals surface area (Å²) in [4.78, 5) is 18.2. The summed E-state index contributed by atoms with van der Waals surface area (Å²) in [5.74, 6) is -0.443. The molecule has 1 saturated heterocycles. The number of hydrogen-bond donors (Lipinski definition) is 0. The highest BCUT2D eigenvalue weighted by molar-refractivity contribution is 7.18. The molecule has 1 aliphatic heterocycles. The number of anilines is 1. The van der Waals surface area contributed by atoms with Crippen LogP contribution in [0.3, 0.4) is 0 Å². The third-order valence-electron chi connectivity index (χ3n) is 3.05. The highest BCUT2D eigenvalue weighted by atomic mass is 35.5. The first-order valence-corrected chi connectivity index (χ1v) is 7.46. The highest BCUT2D eigenvalue weighted by Crippen LogP contribution is 2.31. The van der Waals surface area contributed by atoms with E-state index in [2.05, 4.69) is 14.6 Å². The molecule has 0 aliphatic carbocycles. The van der Waals surface area contributed by atoms with Crippen molar-refractivity contribution in [3.05, 3.63) is 10.0 Å². The molecule has 7 heteroatoms. The zero-order chi connectivity index (χ0) is 13.8. The third kappa shape index (κ3) is 3.38. The van der Waals surface area contributed by atoms with Gasteiger partial charge in [-0.05, 0) is 19.8 Å².